The summed E-state index contributed by atoms with van der Waals surface area (Å²) >= 11 is 0. The molecule has 0 aromatic carbocycles. The molecular weight excluding hydrogens is 374 g/mol. The molecule has 1 atom stereocenters. The molecule has 0 bridgehead atoms. The topological polar surface area (TPSA) is 61.7 Å². The van der Waals surface area contributed by atoms with Crippen LogP contribution in [0, 0.1) is 25.2 Å². The zero-order valence-electron chi connectivity index (χ0n) is 18.4. The van der Waals surface area contributed by atoms with E-state index in [0.29, 0.717) is 29.4 Å². The van der Waals surface area contributed by atoms with Gasteiger partial charge in [-0.15, -0.1) is 0 Å². The lowest BCUT2D eigenvalue weighted by Gasteiger charge is -2.37. The Kier molecular flexibility index (Phi) is 5.57. The summed E-state index contributed by atoms with van der Waals surface area (Å²) in [5.74, 6) is 0.230. The van der Waals surface area contributed by atoms with E-state index in [1.807, 2.05) is 6.92 Å². The molecule has 1 aromatic rings. The van der Waals surface area contributed by atoms with Crippen molar-refractivity contribution in [2.45, 2.75) is 52.4 Å². The summed E-state index contributed by atoms with van der Waals surface area (Å²) in [6.45, 7) is 13.3. The molecular formula is C20H35N5O2S. The van der Waals surface area contributed by atoms with E-state index in [-0.39, 0.29) is 11.3 Å². The summed E-state index contributed by atoms with van der Waals surface area (Å²) < 4.78 is 30.1. The van der Waals surface area contributed by atoms with Crippen LogP contribution in [0.5, 0.6) is 0 Å². The molecule has 28 heavy (non-hydrogen) atoms. The van der Waals surface area contributed by atoms with E-state index in [1.54, 1.807) is 23.0 Å². The average molecular weight is 410 g/mol. The van der Waals surface area contributed by atoms with E-state index >= 15 is 0 Å². The van der Waals surface area contributed by atoms with Crippen LogP contribution in [0.4, 0.5) is 0 Å². The van der Waals surface area contributed by atoms with Gasteiger partial charge in [-0.2, -0.15) is 9.40 Å². The van der Waals surface area contributed by atoms with Crippen LogP contribution in [0.3, 0.4) is 0 Å². The first-order valence-electron chi connectivity index (χ1n) is 10.1. The van der Waals surface area contributed by atoms with Crippen LogP contribution in [0.2, 0.25) is 0 Å². The van der Waals surface area contributed by atoms with Gasteiger partial charge in [0.25, 0.3) is 0 Å². The van der Waals surface area contributed by atoms with E-state index in [2.05, 4.69) is 48.9 Å². The van der Waals surface area contributed by atoms with Gasteiger partial charge in [0.2, 0.25) is 10.0 Å². The lowest BCUT2D eigenvalue weighted by Crippen LogP contribution is -2.43. The molecule has 0 N–H and O–H groups in total. The third-order valence-corrected chi connectivity index (χ3v) is 7.74. The van der Waals surface area contributed by atoms with Crippen LogP contribution < -0.4 is 0 Å². The Morgan fingerprint density at radius 3 is 2.46 bits per heavy atom. The minimum Gasteiger partial charge on any atom is -0.361 e. The fourth-order valence-electron chi connectivity index (χ4n) is 4.44. The summed E-state index contributed by atoms with van der Waals surface area (Å²) in [4.78, 5) is 4.99. The smallest absolute Gasteiger partial charge is 0.246 e. The molecule has 0 radical (unpaired) electrons. The van der Waals surface area contributed by atoms with Crippen molar-refractivity contribution >= 4 is 10.0 Å². The highest BCUT2D eigenvalue weighted by Gasteiger charge is 2.37. The van der Waals surface area contributed by atoms with Gasteiger partial charge in [0.1, 0.15) is 4.90 Å². The second-order valence-electron chi connectivity index (χ2n) is 9.54. The van der Waals surface area contributed by atoms with Crippen molar-refractivity contribution in [1.29, 1.82) is 0 Å². The van der Waals surface area contributed by atoms with Crippen LogP contribution in [0.15, 0.2) is 16.8 Å². The highest BCUT2D eigenvalue weighted by molar-refractivity contribution is 7.89. The second kappa shape index (κ2) is 7.37. The van der Waals surface area contributed by atoms with Gasteiger partial charge in [0.05, 0.1) is 18.1 Å². The predicted octanol–water partition coefficient (Wildman–Crippen LogP) is 2.53. The second-order valence-corrected chi connectivity index (χ2v) is 11.4. The van der Waals surface area contributed by atoms with Crippen molar-refractivity contribution in [3.05, 3.63) is 23.3 Å². The molecule has 2 aliphatic rings. The van der Waals surface area contributed by atoms with E-state index in [0.717, 1.165) is 26.1 Å². The predicted molar refractivity (Wildman–Crippen MR) is 111 cm³/mol. The third-order valence-electron chi connectivity index (χ3n) is 5.62. The lowest BCUT2D eigenvalue weighted by atomic mass is 9.92. The zero-order valence-corrected chi connectivity index (χ0v) is 19.2. The van der Waals surface area contributed by atoms with E-state index in [9.17, 15) is 8.42 Å². The Labute approximate surface area is 170 Å². The van der Waals surface area contributed by atoms with Gasteiger partial charge in [-0.3, -0.25) is 4.68 Å². The maximum absolute atomic E-state index is 13.4. The Morgan fingerprint density at radius 1 is 1.21 bits per heavy atom. The number of piperidine rings is 1. The fraction of sp³-hybridized carbons (Fsp3) is 0.750. The maximum atomic E-state index is 13.4. The van der Waals surface area contributed by atoms with Gasteiger partial charge in [-0.25, -0.2) is 8.42 Å². The summed E-state index contributed by atoms with van der Waals surface area (Å²) in [6.07, 6.45) is 4.11. The van der Waals surface area contributed by atoms with Crippen LogP contribution in [-0.2, 0) is 17.1 Å². The Bertz CT molecular complexity index is 866. The van der Waals surface area contributed by atoms with E-state index in [4.69, 9.17) is 0 Å². The van der Waals surface area contributed by atoms with Crippen molar-refractivity contribution in [1.82, 2.24) is 23.9 Å². The van der Waals surface area contributed by atoms with Crippen molar-refractivity contribution < 1.29 is 8.42 Å². The molecule has 3 heterocycles. The lowest BCUT2D eigenvalue weighted by molar-refractivity contribution is 0.177. The van der Waals surface area contributed by atoms with Crippen LogP contribution in [0.25, 0.3) is 0 Å². The minimum atomic E-state index is -3.54. The molecule has 0 spiro atoms. The number of hydrogen-bond donors (Lipinski definition) is 0. The van der Waals surface area contributed by atoms with Crippen LogP contribution in [0.1, 0.15) is 45.0 Å². The van der Waals surface area contributed by atoms with Gasteiger partial charge in [0.15, 0.2) is 0 Å². The number of rotatable bonds is 4. The van der Waals surface area contributed by atoms with Crippen LogP contribution >= 0.6 is 0 Å². The van der Waals surface area contributed by atoms with Crippen molar-refractivity contribution in [2.75, 3.05) is 33.4 Å². The molecule has 0 aliphatic carbocycles. The van der Waals surface area contributed by atoms with Gasteiger partial charge >= 0.3 is 0 Å². The molecule has 2 aliphatic heterocycles. The van der Waals surface area contributed by atoms with E-state index in [1.165, 1.54) is 5.70 Å². The summed E-state index contributed by atoms with van der Waals surface area (Å²) in [6, 6.07) is 0. The fourth-order valence-corrected chi connectivity index (χ4v) is 6.36. The van der Waals surface area contributed by atoms with Crippen molar-refractivity contribution in [3.8, 4) is 0 Å². The average Bonchev–Trinajstić information content (AvgIpc) is 3.05. The normalized spacial score (nSPS) is 22.1. The first-order chi connectivity index (χ1) is 12.9. The van der Waals surface area contributed by atoms with E-state index < -0.39 is 10.0 Å². The molecule has 1 fully saturated rings. The first-order valence-corrected chi connectivity index (χ1v) is 11.5. The van der Waals surface area contributed by atoms with Crippen molar-refractivity contribution in [2.24, 2.45) is 18.4 Å². The SMILES string of the molecule is Cc1nn(C)c(C)c1S(=O)(=O)N1CCCC(C2=CN(C)CN2CC(C)(C)C)C1. The molecule has 0 saturated carbocycles. The molecule has 158 valence electrons. The third kappa shape index (κ3) is 4.08. The molecule has 1 aromatic heterocycles. The summed E-state index contributed by atoms with van der Waals surface area (Å²) in [7, 11) is 0.341. The zero-order chi connectivity index (χ0) is 20.9. The maximum Gasteiger partial charge on any atom is 0.246 e. The molecule has 0 amide bonds. The Morgan fingerprint density at radius 2 is 1.89 bits per heavy atom. The molecule has 1 unspecified atom stereocenters. The molecule has 7 nitrogen and oxygen atoms in total. The first kappa shape index (κ1) is 21.2. The number of nitrogens with zero attached hydrogens (tertiary/aromatic N) is 5. The summed E-state index contributed by atoms with van der Waals surface area (Å²) in [5.41, 5.74) is 2.75. The summed E-state index contributed by atoms with van der Waals surface area (Å²) in [5, 5.41) is 4.32. The van der Waals surface area contributed by atoms with Crippen LogP contribution in [-0.4, -0.2) is 65.7 Å². The number of aromatic nitrogens is 2. The van der Waals surface area contributed by atoms with Gasteiger partial charge < -0.3 is 9.80 Å². The van der Waals surface area contributed by atoms with Gasteiger partial charge in [-0.1, -0.05) is 20.8 Å². The Balaban J connectivity index is 1.85. The minimum absolute atomic E-state index is 0.189. The standard InChI is InChI=1S/C20H35N5O2S/c1-15-19(16(2)23(7)21-15)28(26,27)25-10-8-9-17(11-25)18-12-22(6)14-24(18)13-20(3,4)5/h12,17H,8-11,13-14H2,1-7H3. The molecule has 3 rings (SSSR count). The highest BCUT2D eigenvalue weighted by Crippen LogP contribution is 2.34. The highest BCUT2D eigenvalue weighted by atomic mass is 32.2. The number of hydrogen-bond acceptors (Lipinski definition) is 5. The largest absolute Gasteiger partial charge is 0.361 e. The van der Waals surface area contributed by atoms with Gasteiger partial charge in [0, 0.05) is 51.5 Å². The van der Waals surface area contributed by atoms with Gasteiger partial charge in [-0.05, 0) is 32.1 Å². The molecule has 1 saturated heterocycles. The monoisotopic (exact) mass is 409 g/mol. The van der Waals surface area contributed by atoms with Crippen molar-refractivity contribution in [3.63, 3.8) is 0 Å². The quantitative estimate of drug-likeness (QED) is 0.765. The molecule has 8 heteroatoms. The number of aryl methyl sites for hydroxylation is 2. The Hall–Kier alpha value is -1.54. The number of sulfonamides is 1.